The number of hydrogen-bond acceptors (Lipinski definition) is 3. The monoisotopic (exact) mass is 303 g/mol. The van der Waals surface area contributed by atoms with Crippen molar-refractivity contribution in [1.82, 2.24) is 10.6 Å². The van der Waals surface area contributed by atoms with Gasteiger partial charge in [0.15, 0.2) is 5.96 Å². The van der Waals surface area contributed by atoms with E-state index in [0.29, 0.717) is 5.92 Å². The molecule has 5 heteroatoms. The Hall–Kier alpha value is -0.420. The van der Waals surface area contributed by atoms with E-state index in [9.17, 15) is 0 Å². The van der Waals surface area contributed by atoms with Gasteiger partial charge in [-0.15, -0.1) is 0 Å². The van der Waals surface area contributed by atoms with Crippen LogP contribution in [0, 0.1) is 5.92 Å². The van der Waals surface area contributed by atoms with Gasteiger partial charge in [0.25, 0.3) is 0 Å². The van der Waals surface area contributed by atoms with Gasteiger partial charge >= 0.3 is 0 Å². The molecule has 0 saturated heterocycles. The highest BCUT2D eigenvalue weighted by Gasteiger charge is 2.15. The molecule has 0 saturated carbocycles. The molecule has 0 rings (SSSR count). The fourth-order valence-corrected chi connectivity index (χ4v) is 2.05. The second kappa shape index (κ2) is 11.3. The first-order valence-electron chi connectivity index (χ1n) is 7.67. The molecule has 0 spiro atoms. The van der Waals surface area contributed by atoms with Gasteiger partial charge in [-0.2, -0.15) is 11.8 Å². The van der Waals surface area contributed by atoms with Crippen molar-refractivity contribution >= 4 is 17.7 Å². The molecular formula is C15H33N3OS. The zero-order valence-corrected chi connectivity index (χ0v) is 14.6. The number of hydrogen-bond donors (Lipinski definition) is 3. The van der Waals surface area contributed by atoms with Crippen LogP contribution in [-0.4, -0.2) is 48.3 Å². The SMILES string of the molecule is CCCC(CCO)CNC(=NCC(C)(C)SC)NCC. The van der Waals surface area contributed by atoms with Crippen LogP contribution in [0.3, 0.4) is 0 Å². The van der Waals surface area contributed by atoms with Crippen LogP contribution in [0.4, 0.5) is 0 Å². The lowest BCUT2D eigenvalue weighted by molar-refractivity contribution is 0.251. The molecule has 0 amide bonds. The summed E-state index contributed by atoms with van der Waals surface area (Å²) in [6, 6.07) is 0. The van der Waals surface area contributed by atoms with E-state index < -0.39 is 0 Å². The van der Waals surface area contributed by atoms with Gasteiger partial charge < -0.3 is 15.7 Å². The van der Waals surface area contributed by atoms with Gasteiger partial charge in [-0.25, -0.2) is 0 Å². The van der Waals surface area contributed by atoms with Crippen molar-refractivity contribution in [2.24, 2.45) is 10.9 Å². The zero-order chi connectivity index (χ0) is 15.4. The van der Waals surface area contributed by atoms with Crippen molar-refractivity contribution in [3.05, 3.63) is 0 Å². The van der Waals surface area contributed by atoms with Crippen LogP contribution in [0.2, 0.25) is 0 Å². The highest BCUT2D eigenvalue weighted by atomic mass is 32.2. The Morgan fingerprint density at radius 1 is 1.25 bits per heavy atom. The molecule has 0 aromatic rings. The van der Waals surface area contributed by atoms with Crippen LogP contribution >= 0.6 is 11.8 Å². The van der Waals surface area contributed by atoms with E-state index in [1.165, 1.54) is 0 Å². The van der Waals surface area contributed by atoms with Gasteiger partial charge in [0.1, 0.15) is 0 Å². The fraction of sp³-hybridized carbons (Fsp3) is 0.933. The molecule has 120 valence electrons. The summed E-state index contributed by atoms with van der Waals surface area (Å²) in [4.78, 5) is 4.66. The molecule has 0 aliphatic carbocycles. The second-order valence-electron chi connectivity index (χ2n) is 5.71. The van der Waals surface area contributed by atoms with Crippen LogP contribution in [0.25, 0.3) is 0 Å². The Balaban J connectivity index is 4.40. The molecule has 0 aromatic carbocycles. The van der Waals surface area contributed by atoms with Crippen molar-refractivity contribution in [2.45, 2.75) is 51.7 Å². The zero-order valence-electron chi connectivity index (χ0n) is 13.8. The predicted octanol–water partition coefficient (Wildman–Crippen LogP) is 2.48. The first-order chi connectivity index (χ1) is 9.49. The maximum Gasteiger partial charge on any atom is 0.191 e. The van der Waals surface area contributed by atoms with Crippen LogP contribution < -0.4 is 10.6 Å². The lowest BCUT2D eigenvalue weighted by Crippen LogP contribution is -2.40. The summed E-state index contributed by atoms with van der Waals surface area (Å²) in [5.41, 5.74) is 0. The third-order valence-electron chi connectivity index (χ3n) is 3.31. The Kier molecular flexibility index (Phi) is 11.0. The Labute approximate surface area is 129 Å². The summed E-state index contributed by atoms with van der Waals surface area (Å²) in [5, 5.41) is 15.8. The van der Waals surface area contributed by atoms with Crippen LogP contribution in [0.15, 0.2) is 4.99 Å². The van der Waals surface area contributed by atoms with E-state index in [1.807, 2.05) is 11.8 Å². The molecule has 0 aromatic heterocycles. The summed E-state index contributed by atoms with van der Waals surface area (Å²) >= 11 is 1.83. The molecule has 0 aliphatic rings. The second-order valence-corrected chi connectivity index (χ2v) is 7.22. The van der Waals surface area contributed by atoms with Gasteiger partial charge in [-0.3, -0.25) is 4.99 Å². The summed E-state index contributed by atoms with van der Waals surface area (Å²) < 4.78 is 0.163. The lowest BCUT2D eigenvalue weighted by atomic mass is 10.0. The van der Waals surface area contributed by atoms with Crippen LogP contribution in [0.1, 0.15) is 47.0 Å². The number of aliphatic hydroxyl groups excluding tert-OH is 1. The number of rotatable bonds is 10. The number of nitrogens with one attached hydrogen (secondary N) is 2. The highest BCUT2D eigenvalue weighted by molar-refractivity contribution is 7.99. The Bertz CT molecular complexity index is 264. The molecule has 4 nitrogen and oxygen atoms in total. The molecule has 3 N–H and O–H groups in total. The van der Waals surface area contributed by atoms with Crippen molar-refractivity contribution < 1.29 is 5.11 Å². The van der Waals surface area contributed by atoms with Crippen molar-refractivity contribution in [2.75, 3.05) is 32.5 Å². The predicted molar refractivity (Wildman–Crippen MR) is 91.7 cm³/mol. The minimum absolute atomic E-state index is 0.163. The molecule has 0 radical (unpaired) electrons. The first-order valence-corrected chi connectivity index (χ1v) is 8.89. The summed E-state index contributed by atoms with van der Waals surface area (Å²) in [6.07, 6.45) is 5.27. The molecule has 0 bridgehead atoms. The minimum atomic E-state index is 0.163. The van der Waals surface area contributed by atoms with Gasteiger partial charge in [0.2, 0.25) is 0 Å². The van der Waals surface area contributed by atoms with Gasteiger partial charge in [-0.1, -0.05) is 13.3 Å². The van der Waals surface area contributed by atoms with E-state index in [0.717, 1.165) is 44.9 Å². The van der Waals surface area contributed by atoms with Crippen molar-refractivity contribution in [3.63, 3.8) is 0 Å². The quantitative estimate of drug-likeness (QED) is 0.429. The van der Waals surface area contributed by atoms with Crippen LogP contribution in [-0.2, 0) is 0 Å². The number of aliphatic imine (C=N–C) groups is 1. The highest BCUT2D eigenvalue weighted by Crippen LogP contribution is 2.20. The van der Waals surface area contributed by atoms with E-state index >= 15 is 0 Å². The number of aliphatic hydroxyl groups is 1. The topological polar surface area (TPSA) is 56.6 Å². The third-order valence-corrected chi connectivity index (χ3v) is 4.54. The number of thioether (sulfide) groups is 1. The molecular weight excluding hydrogens is 270 g/mol. The largest absolute Gasteiger partial charge is 0.396 e. The number of guanidine groups is 1. The maximum absolute atomic E-state index is 9.10. The third kappa shape index (κ3) is 9.48. The first kappa shape index (κ1) is 19.6. The molecule has 0 heterocycles. The van der Waals surface area contributed by atoms with Gasteiger partial charge in [0, 0.05) is 24.4 Å². The van der Waals surface area contributed by atoms with E-state index in [4.69, 9.17) is 5.11 Å². The van der Waals surface area contributed by atoms with Gasteiger partial charge in [-0.05, 0) is 45.8 Å². The molecule has 0 fully saturated rings. The van der Waals surface area contributed by atoms with E-state index in [2.05, 4.69) is 49.6 Å². The summed E-state index contributed by atoms with van der Waals surface area (Å²) in [7, 11) is 0. The molecule has 1 unspecified atom stereocenters. The Morgan fingerprint density at radius 3 is 2.45 bits per heavy atom. The number of nitrogens with zero attached hydrogens (tertiary/aromatic N) is 1. The van der Waals surface area contributed by atoms with Crippen molar-refractivity contribution in [3.8, 4) is 0 Å². The smallest absolute Gasteiger partial charge is 0.191 e. The Morgan fingerprint density at radius 2 is 1.95 bits per heavy atom. The molecule has 20 heavy (non-hydrogen) atoms. The summed E-state index contributed by atoms with van der Waals surface area (Å²) in [6.45, 7) is 11.5. The normalized spacial score (nSPS) is 14.2. The molecule has 0 aliphatic heterocycles. The molecule has 1 atom stereocenters. The van der Waals surface area contributed by atoms with E-state index in [-0.39, 0.29) is 11.4 Å². The average molecular weight is 304 g/mol. The van der Waals surface area contributed by atoms with Crippen molar-refractivity contribution in [1.29, 1.82) is 0 Å². The summed E-state index contributed by atoms with van der Waals surface area (Å²) in [5.74, 6) is 1.40. The average Bonchev–Trinajstić information content (AvgIpc) is 2.42. The van der Waals surface area contributed by atoms with Crippen LogP contribution in [0.5, 0.6) is 0 Å². The minimum Gasteiger partial charge on any atom is -0.396 e. The van der Waals surface area contributed by atoms with Gasteiger partial charge in [0.05, 0.1) is 6.54 Å². The fourth-order valence-electron chi connectivity index (χ4n) is 1.86. The lowest BCUT2D eigenvalue weighted by Gasteiger charge is -2.22. The maximum atomic E-state index is 9.10. The van der Waals surface area contributed by atoms with E-state index in [1.54, 1.807) is 0 Å². The standard InChI is InChI=1S/C15H33N3OS/c1-6-8-13(9-10-19)11-17-14(16-7-2)18-12-15(3,4)20-5/h13,19H,6-12H2,1-5H3,(H2,16,17,18).